The average molecular weight is 1260 g/mol. The Balaban J connectivity index is 1.00. The number of aliphatic hydroxyl groups excluding tert-OH is 1. The maximum absolute atomic E-state index is 14.3. The normalized spacial score (nSPS) is 17.7. The van der Waals surface area contributed by atoms with Crippen molar-refractivity contribution in [1.82, 2.24) is 19.9 Å². The van der Waals surface area contributed by atoms with E-state index in [1.54, 1.807) is 25.1 Å². The summed E-state index contributed by atoms with van der Waals surface area (Å²) in [6, 6.07) is 17.5. The van der Waals surface area contributed by atoms with Gasteiger partial charge in [-0.15, -0.1) is 0 Å². The van der Waals surface area contributed by atoms with Gasteiger partial charge in [0.25, 0.3) is 11.8 Å². The fraction of sp³-hybridized carbons (Fsp3) is 0.458. The molecule has 5 aliphatic rings. The molecule has 3 aromatic carbocycles. The predicted octanol–water partition coefficient (Wildman–Crippen LogP) is 11.2. The van der Waals surface area contributed by atoms with E-state index in [0.717, 1.165) is 92.9 Å². The zero-order valence-corrected chi connectivity index (χ0v) is 50.2. The van der Waals surface area contributed by atoms with Gasteiger partial charge in [0.1, 0.15) is 5.76 Å². The first-order valence-corrected chi connectivity index (χ1v) is 29.9. The van der Waals surface area contributed by atoms with Gasteiger partial charge in [0.2, 0.25) is 5.78 Å². The summed E-state index contributed by atoms with van der Waals surface area (Å²) in [6.45, 7) is 18.4. The topological polar surface area (TPSA) is 158 Å². The van der Waals surface area contributed by atoms with Crippen molar-refractivity contribution in [2.24, 2.45) is 15.3 Å². The van der Waals surface area contributed by atoms with Crippen molar-refractivity contribution in [3.63, 3.8) is 0 Å². The number of unbranched alkanes of at least 4 members (excludes halogenated alkanes) is 1. The smallest absolute Gasteiger partial charge is 0.276 e. The molecule has 0 unspecified atom stereocenters. The van der Waals surface area contributed by atoms with E-state index in [1.165, 1.54) is 42.0 Å². The molecule has 2 amide bonds. The molecule has 416 valence electrons. The lowest BCUT2D eigenvalue weighted by Crippen LogP contribution is -2.33. The van der Waals surface area contributed by atoms with E-state index in [2.05, 4.69) is 138 Å². The van der Waals surface area contributed by atoms with Crippen molar-refractivity contribution < 1.29 is 29.0 Å². The number of halogens is 3. The number of allylic oxidation sites excluding steroid dienone is 6. The number of nitrogens with one attached hydrogen (secondary N) is 1. The number of benzene rings is 3. The first-order chi connectivity index (χ1) is 37.9. The van der Waals surface area contributed by atoms with Gasteiger partial charge in [-0.2, -0.15) is 15.3 Å². The summed E-state index contributed by atoms with van der Waals surface area (Å²) in [5.74, 6) is -1.70. The molecule has 0 radical (unpaired) electrons. The number of hydrogen-bond donors (Lipinski definition) is 2. The van der Waals surface area contributed by atoms with Crippen LogP contribution in [0.2, 0.25) is 0 Å². The van der Waals surface area contributed by atoms with E-state index in [4.69, 9.17) is 14.6 Å². The van der Waals surface area contributed by atoms with Crippen LogP contribution in [-0.2, 0) is 19.1 Å². The van der Waals surface area contributed by atoms with Gasteiger partial charge in [-0.1, -0.05) is 47.5 Å². The Bertz CT molecular complexity index is 2850. The Hall–Kier alpha value is -5.60. The summed E-state index contributed by atoms with van der Waals surface area (Å²) in [4.78, 5) is 48.9. The third-order valence-corrected chi connectivity index (χ3v) is 16.3. The third kappa shape index (κ3) is 14.8. The highest BCUT2D eigenvalue weighted by molar-refractivity contribution is 9.11. The summed E-state index contributed by atoms with van der Waals surface area (Å²) >= 11 is 10.6. The van der Waals surface area contributed by atoms with E-state index in [-0.39, 0.29) is 22.5 Å². The number of carbonyl (C=O) groups excluding carboxylic acids is 3. The number of amides is 2. The van der Waals surface area contributed by atoms with Gasteiger partial charge in [0.15, 0.2) is 0 Å². The van der Waals surface area contributed by atoms with Crippen LogP contribution in [0, 0.1) is 0 Å². The van der Waals surface area contributed by atoms with Crippen LogP contribution >= 0.6 is 47.8 Å². The number of nitrogens with zero attached hydrogens (tertiary/aromatic N) is 9. The maximum atomic E-state index is 14.3. The van der Waals surface area contributed by atoms with Gasteiger partial charge < -0.3 is 34.6 Å². The van der Waals surface area contributed by atoms with Crippen LogP contribution < -0.4 is 15.1 Å². The second-order valence-corrected chi connectivity index (χ2v) is 22.5. The molecular weight excluding hydrogens is 1180 g/mol. The maximum Gasteiger partial charge on any atom is 0.276 e. The van der Waals surface area contributed by atoms with E-state index in [0.29, 0.717) is 84.1 Å². The second-order valence-electron chi connectivity index (χ2n) is 19.9. The number of carbonyl (C=O) groups is 3. The molecule has 0 saturated carbocycles. The molecule has 2 N–H and O–H groups in total. The molecule has 0 aromatic heterocycles. The number of aliphatic hydroxyl groups is 1. The molecule has 3 heterocycles. The second kappa shape index (κ2) is 28.5. The van der Waals surface area contributed by atoms with Gasteiger partial charge in [-0.25, -0.2) is 5.01 Å². The van der Waals surface area contributed by atoms with Gasteiger partial charge in [-0.3, -0.25) is 24.4 Å². The quantitative estimate of drug-likeness (QED) is 0.0425. The monoisotopic (exact) mass is 1250 g/mol. The number of anilines is 3. The van der Waals surface area contributed by atoms with E-state index < -0.39 is 17.6 Å². The fourth-order valence-corrected chi connectivity index (χ4v) is 12.8. The summed E-state index contributed by atoms with van der Waals surface area (Å²) in [5.41, 5.74) is 6.77. The van der Waals surface area contributed by atoms with Crippen LogP contribution in [0.1, 0.15) is 101 Å². The van der Waals surface area contributed by atoms with Crippen molar-refractivity contribution in [2.75, 3.05) is 114 Å². The van der Waals surface area contributed by atoms with E-state index in [9.17, 15) is 19.5 Å². The van der Waals surface area contributed by atoms with Gasteiger partial charge >= 0.3 is 0 Å². The van der Waals surface area contributed by atoms with Crippen molar-refractivity contribution in [2.45, 2.75) is 79.1 Å². The molecular formula is C59H73Br3N10O6. The minimum Gasteiger partial charge on any atom is -0.506 e. The first-order valence-electron chi connectivity index (χ1n) is 27.6. The average Bonchev–Trinajstić information content (AvgIpc) is 4.23. The molecule has 2 aliphatic carbocycles. The van der Waals surface area contributed by atoms with Gasteiger partial charge in [0.05, 0.1) is 72.5 Å². The van der Waals surface area contributed by atoms with Crippen LogP contribution in [-0.4, -0.2) is 159 Å². The zero-order chi connectivity index (χ0) is 55.1. The van der Waals surface area contributed by atoms with Crippen molar-refractivity contribution >= 4 is 106 Å². The molecule has 0 bridgehead atoms. The van der Waals surface area contributed by atoms with Crippen molar-refractivity contribution in [3.8, 4) is 0 Å². The van der Waals surface area contributed by atoms with Gasteiger partial charge in [0, 0.05) is 108 Å². The molecule has 78 heavy (non-hydrogen) atoms. The number of ketones is 1. The molecule has 0 atom stereocenters. The largest absolute Gasteiger partial charge is 0.506 e. The standard InChI is InChI=1S/C59H73Br3N10O6/c1-5-8-27-72-59(76)52(41(4)66-72)55-56(73)53(57(55)74)48-22-21-47(38-51(48)65-58(75)54-49(61)36-44(60)37-50(54)62)69(30-34-77-32-28-67(6-2)45-17-13-42(14-18-45)39-63-70-23-9-10-24-70)31-35-78-33-29-68(7-3)46-19-15-43(16-20-46)40-64-71-25-11-12-26-71/h13-15,17-19,21-22,36-40,73H,5-12,16,20,23-35H2,1-4H3,(H,65,75)/b55-52?,63-39+,64-40+. The number of Topliss-reactive ketones (excluding diaryl/α,β-unsaturated/α-hetero) is 1. The van der Waals surface area contributed by atoms with Crippen LogP contribution in [0.3, 0.4) is 0 Å². The molecule has 3 aromatic rings. The molecule has 2 saturated heterocycles. The fourth-order valence-electron chi connectivity index (χ4n) is 10.2. The van der Waals surface area contributed by atoms with Crippen LogP contribution in [0.4, 0.5) is 17.1 Å². The molecule has 0 spiro atoms. The summed E-state index contributed by atoms with van der Waals surface area (Å²) in [5, 5.41) is 34.2. The molecule has 3 aliphatic heterocycles. The zero-order valence-electron chi connectivity index (χ0n) is 45.4. The summed E-state index contributed by atoms with van der Waals surface area (Å²) in [7, 11) is 0. The van der Waals surface area contributed by atoms with E-state index in [1.807, 2.05) is 31.5 Å². The Morgan fingerprint density at radius 1 is 0.731 bits per heavy atom. The Kier molecular flexibility index (Phi) is 21.4. The number of rotatable bonds is 27. The molecule has 2 fully saturated rings. The Morgan fingerprint density at radius 2 is 1.32 bits per heavy atom. The van der Waals surface area contributed by atoms with Crippen LogP contribution in [0.25, 0.3) is 5.57 Å². The number of likely N-dealkylation sites (N-methyl/N-ethyl adjacent to an activating group) is 2. The van der Waals surface area contributed by atoms with Crippen LogP contribution in [0.5, 0.6) is 0 Å². The first kappa shape index (κ1) is 58.5. The molecule has 19 heteroatoms. The summed E-state index contributed by atoms with van der Waals surface area (Å²) < 4.78 is 14.6. The SMILES string of the molecule is CCCCN1N=C(C)C(=C2C(=O)C(c3ccc(N(CCOCCN(CC)C4=CC=C(/C=N/N5CCCC5)CC4)CCOCCN(CC)c4ccc(/C=N/N5CCCC5)cc4)cc3NC(=O)c3c(Br)cc(Br)cc3Br)=C2O)C1=O. The Morgan fingerprint density at radius 3 is 1.90 bits per heavy atom. The lowest BCUT2D eigenvalue weighted by Gasteiger charge is -2.29. The lowest BCUT2D eigenvalue weighted by molar-refractivity contribution is -0.126. The third-order valence-electron chi connectivity index (χ3n) is 14.6. The highest BCUT2D eigenvalue weighted by Crippen LogP contribution is 2.43. The predicted molar refractivity (Wildman–Crippen MR) is 324 cm³/mol. The van der Waals surface area contributed by atoms with Gasteiger partial charge in [-0.05, 0) is 157 Å². The molecule has 8 rings (SSSR count). The minimum absolute atomic E-state index is 0.0000678. The number of hydrogen-bond acceptors (Lipinski definition) is 14. The van der Waals surface area contributed by atoms with Crippen molar-refractivity contribution in [3.05, 3.63) is 125 Å². The highest BCUT2D eigenvalue weighted by atomic mass is 79.9. The highest BCUT2D eigenvalue weighted by Gasteiger charge is 2.43. The molecule has 16 nitrogen and oxygen atoms in total. The summed E-state index contributed by atoms with van der Waals surface area (Å²) in [6.07, 6.45) is 16.7. The Labute approximate surface area is 485 Å². The van der Waals surface area contributed by atoms with E-state index >= 15 is 0 Å². The number of ether oxygens (including phenoxy) is 2. The van der Waals surface area contributed by atoms with Crippen molar-refractivity contribution in [1.29, 1.82) is 0 Å². The van der Waals surface area contributed by atoms with Crippen LogP contribution in [0.15, 0.2) is 124 Å². The number of hydrazone groups is 3. The lowest BCUT2D eigenvalue weighted by atomic mass is 9.79. The minimum atomic E-state index is -0.507.